The van der Waals surface area contributed by atoms with Crippen LogP contribution >= 0.6 is 11.6 Å². The molecule has 5 heteroatoms. The highest BCUT2D eigenvalue weighted by molar-refractivity contribution is 6.30. The van der Waals surface area contributed by atoms with E-state index in [0.717, 1.165) is 46.8 Å². The average molecular weight is 368 g/mol. The molecule has 1 aliphatic rings. The lowest BCUT2D eigenvalue weighted by Crippen LogP contribution is -2.25. The topological polar surface area (TPSA) is 46.9 Å². The maximum absolute atomic E-state index is 12.5. The van der Waals surface area contributed by atoms with Crippen molar-refractivity contribution in [3.8, 4) is 0 Å². The third kappa shape index (κ3) is 3.47. The average Bonchev–Trinajstić information content (AvgIpc) is 2.99. The minimum Gasteiger partial charge on any atom is -0.352 e. The molecule has 134 valence electrons. The zero-order valence-electron chi connectivity index (χ0n) is 14.8. The molecule has 1 atom stereocenters. The smallest absolute Gasteiger partial charge is 0.251 e. The monoisotopic (exact) mass is 367 g/mol. The van der Waals surface area contributed by atoms with Gasteiger partial charge in [-0.05, 0) is 54.7 Å². The predicted molar refractivity (Wildman–Crippen MR) is 105 cm³/mol. The van der Waals surface area contributed by atoms with E-state index in [0.29, 0.717) is 18.0 Å². The maximum Gasteiger partial charge on any atom is 0.251 e. The quantitative estimate of drug-likeness (QED) is 0.749. The molecular weight excluding hydrogens is 346 g/mol. The Hall–Kier alpha value is -2.33. The van der Waals surface area contributed by atoms with Gasteiger partial charge in [0, 0.05) is 30.1 Å². The van der Waals surface area contributed by atoms with Crippen LogP contribution in [0.1, 0.15) is 35.1 Å². The van der Waals surface area contributed by atoms with Crippen LogP contribution in [0.4, 0.5) is 0 Å². The number of aryl methyl sites for hydroxylation is 1. The molecule has 1 amide bonds. The molecule has 3 aromatic rings. The second kappa shape index (κ2) is 7.12. The summed E-state index contributed by atoms with van der Waals surface area (Å²) in [7, 11) is 0. The van der Waals surface area contributed by atoms with Gasteiger partial charge in [0.05, 0.1) is 11.0 Å². The Balaban J connectivity index is 1.44. The number of nitrogens with one attached hydrogen (secondary N) is 1. The largest absolute Gasteiger partial charge is 0.352 e. The Labute approximate surface area is 158 Å². The molecule has 0 saturated heterocycles. The predicted octanol–water partition coefficient (Wildman–Crippen LogP) is 4.24. The van der Waals surface area contributed by atoms with E-state index in [9.17, 15) is 4.79 Å². The van der Waals surface area contributed by atoms with E-state index in [-0.39, 0.29) is 5.91 Å². The number of benzene rings is 2. The second-order valence-electron chi connectivity index (χ2n) is 7.11. The van der Waals surface area contributed by atoms with Crippen LogP contribution < -0.4 is 5.32 Å². The summed E-state index contributed by atoms with van der Waals surface area (Å²) in [6.45, 7) is 3.87. The third-order valence-electron chi connectivity index (χ3n) is 5.08. The fourth-order valence-electron chi connectivity index (χ4n) is 3.56. The molecule has 26 heavy (non-hydrogen) atoms. The summed E-state index contributed by atoms with van der Waals surface area (Å²) in [5.41, 5.74) is 3.86. The summed E-state index contributed by atoms with van der Waals surface area (Å²) in [6, 6.07) is 13.5. The van der Waals surface area contributed by atoms with E-state index < -0.39 is 0 Å². The van der Waals surface area contributed by atoms with E-state index in [2.05, 4.69) is 16.8 Å². The minimum absolute atomic E-state index is 0.0554. The maximum atomic E-state index is 12.5. The summed E-state index contributed by atoms with van der Waals surface area (Å²) in [5.74, 6) is 1.76. The van der Waals surface area contributed by atoms with Crippen molar-refractivity contribution in [1.29, 1.82) is 0 Å². The fraction of sp³-hybridized carbons (Fsp3) is 0.333. The summed E-state index contributed by atoms with van der Waals surface area (Å²) < 4.78 is 2.29. The molecular formula is C21H22ClN3O. The Morgan fingerprint density at radius 2 is 2.08 bits per heavy atom. The van der Waals surface area contributed by atoms with Gasteiger partial charge in [-0.3, -0.25) is 4.79 Å². The van der Waals surface area contributed by atoms with E-state index in [1.807, 2.05) is 42.5 Å². The fourth-order valence-corrected chi connectivity index (χ4v) is 3.69. The lowest BCUT2D eigenvalue weighted by atomic mass is 10.0. The first-order valence-corrected chi connectivity index (χ1v) is 9.50. The number of amides is 1. The van der Waals surface area contributed by atoms with Gasteiger partial charge < -0.3 is 9.88 Å². The first-order chi connectivity index (χ1) is 12.6. The number of fused-ring (bicyclic) bond motifs is 3. The zero-order valence-corrected chi connectivity index (χ0v) is 15.6. The van der Waals surface area contributed by atoms with Crippen LogP contribution in [0.25, 0.3) is 11.0 Å². The summed E-state index contributed by atoms with van der Waals surface area (Å²) in [4.78, 5) is 17.2. The first kappa shape index (κ1) is 17.1. The molecule has 1 N–H and O–H groups in total. The number of halogens is 1. The van der Waals surface area contributed by atoms with Gasteiger partial charge in [-0.15, -0.1) is 0 Å². The van der Waals surface area contributed by atoms with Gasteiger partial charge in [0.1, 0.15) is 5.82 Å². The zero-order chi connectivity index (χ0) is 18.1. The number of nitrogens with zero attached hydrogens (tertiary/aromatic N) is 2. The third-order valence-corrected chi connectivity index (χ3v) is 5.33. The van der Waals surface area contributed by atoms with Crippen molar-refractivity contribution in [1.82, 2.24) is 14.9 Å². The van der Waals surface area contributed by atoms with Crippen LogP contribution in [0.15, 0.2) is 42.5 Å². The highest BCUT2D eigenvalue weighted by Crippen LogP contribution is 2.25. The molecule has 0 aliphatic carbocycles. The van der Waals surface area contributed by atoms with E-state index in [1.54, 1.807) is 0 Å². The lowest BCUT2D eigenvalue weighted by molar-refractivity contribution is 0.0954. The van der Waals surface area contributed by atoms with Crippen molar-refractivity contribution in [2.24, 2.45) is 5.92 Å². The molecule has 0 fully saturated rings. The van der Waals surface area contributed by atoms with Crippen molar-refractivity contribution in [3.63, 3.8) is 0 Å². The standard InChI is InChI=1S/C21H22ClN3O/c1-14-9-11-25-19-7-4-16(13-18(19)24-20(25)12-14)21(26)23-10-8-15-2-5-17(22)6-3-15/h2-7,13-14H,8-12H2,1H3,(H,23,26). The van der Waals surface area contributed by atoms with Crippen LogP contribution in [-0.2, 0) is 19.4 Å². The van der Waals surface area contributed by atoms with E-state index in [1.165, 1.54) is 6.42 Å². The van der Waals surface area contributed by atoms with Crippen molar-refractivity contribution in [2.45, 2.75) is 32.7 Å². The number of carbonyl (C=O) groups is 1. The van der Waals surface area contributed by atoms with Crippen molar-refractivity contribution in [2.75, 3.05) is 6.54 Å². The van der Waals surface area contributed by atoms with Crippen LogP contribution in [0.5, 0.6) is 0 Å². The molecule has 0 bridgehead atoms. The second-order valence-corrected chi connectivity index (χ2v) is 7.55. The molecule has 1 aliphatic heterocycles. The highest BCUT2D eigenvalue weighted by Gasteiger charge is 2.19. The number of carbonyl (C=O) groups excluding carboxylic acids is 1. The number of imidazole rings is 1. The SMILES string of the molecule is CC1CCn2c(nc3cc(C(=O)NCCc4ccc(Cl)cc4)ccc32)C1. The lowest BCUT2D eigenvalue weighted by Gasteiger charge is -2.19. The molecule has 2 heterocycles. The molecule has 2 aromatic carbocycles. The Kier molecular flexibility index (Phi) is 4.68. The van der Waals surface area contributed by atoms with Gasteiger partial charge >= 0.3 is 0 Å². The Morgan fingerprint density at radius 3 is 2.88 bits per heavy atom. The first-order valence-electron chi connectivity index (χ1n) is 9.12. The van der Waals surface area contributed by atoms with Gasteiger partial charge in [0.2, 0.25) is 0 Å². The van der Waals surface area contributed by atoms with Gasteiger partial charge in [-0.25, -0.2) is 4.98 Å². The van der Waals surface area contributed by atoms with Gasteiger partial charge in [-0.1, -0.05) is 30.7 Å². The minimum atomic E-state index is -0.0554. The Bertz CT molecular complexity index is 946. The number of hydrogen-bond donors (Lipinski definition) is 1. The van der Waals surface area contributed by atoms with Crippen molar-refractivity contribution >= 4 is 28.5 Å². The molecule has 4 nitrogen and oxygen atoms in total. The number of rotatable bonds is 4. The number of hydrogen-bond acceptors (Lipinski definition) is 2. The molecule has 0 radical (unpaired) electrons. The Morgan fingerprint density at radius 1 is 1.27 bits per heavy atom. The van der Waals surface area contributed by atoms with Crippen LogP contribution in [-0.4, -0.2) is 22.0 Å². The molecule has 4 rings (SSSR count). The van der Waals surface area contributed by atoms with Gasteiger partial charge in [0.25, 0.3) is 5.91 Å². The van der Waals surface area contributed by atoms with Gasteiger partial charge in [-0.2, -0.15) is 0 Å². The van der Waals surface area contributed by atoms with E-state index in [4.69, 9.17) is 16.6 Å². The summed E-state index contributed by atoms with van der Waals surface area (Å²) in [5, 5.41) is 3.71. The summed E-state index contributed by atoms with van der Waals surface area (Å²) in [6.07, 6.45) is 2.98. The molecule has 1 unspecified atom stereocenters. The molecule has 0 spiro atoms. The van der Waals surface area contributed by atoms with Crippen molar-refractivity contribution in [3.05, 3.63) is 64.4 Å². The molecule has 1 aromatic heterocycles. The van der Waals surface area contributed by atoms with Crippen molar-refractivity contribution < 1.29 is 4.79 Å². The highest BCUT2D eigenvalue weighted by atomic mass is 35.5. The number of aromatic nitrogens is 2. The van der Waals surface area contributed by atoms with Crippen LogP contribution in [0.2, 0.25) is 5.02 Å². The molecule has 0 saturated carbocycles. The normalized spacial score (nSPS) is 16.5. The van der Waals surface area contributed by atoms with Crippen LogP contribution in [0.3, 0.4) is 0 Å². The van der Waals surface area contributed by atoms with E-state index >= 15 is 0 Å². The summed E-state index contributed by atoms with van der Waals surface area (Å²) >= 11 is 5.89. The van der Waals surface area contributed by atoms with Gasteiger partial charge in [0.15, 0.2) is 0 Å². The van der Waals surface area contributed by atoms with Crippen LogP contribution in [0, 0.1) is 5.92 Å².